The van der Waals surface area contributed by atoms with Crippen molar-refractivity contribution in [1.82, 2.24) is 10.2 Å². The topological polar surface area (TPSA) is 61.4 Å². The maximum atomic E-state index is 12.4. The lowest BCUT2D eigenvalue weighted by Gasteiger charge is -2.30. The molecule has 1 saturated heterocycles. The molecule has 0 bridgehead atoms. The van der Waals surface area contributed by atoms with Crippen molar-refractivity contribution in [1.29, 1.82) is 0 Å². The molecule has 1 aliphatic rings. The van der Waals surface area contributed by atoms with Gasteiger partial charge in [0.1, 0.15) is 0 Å². The van der Waals surface area contributed by atoms with Gasteiger partial charge in [0, 0.05) is 18.2 Å². The zero-order valence-corrected chi connectivity index (χ0v) is 16.3. The summed E-state index contributed by atoms with van der Waals surface area (Å²) < 4.78 is 0. The highest BCUT2D eigenvalue weighted by atomic mass is 16.2. The number of nitrogens with zero attached hydrogens (tertiary/aromatic N) is 1. The predicted octanol–water partition coefficient (Wildman–Crippen LogP) is 3.09. The summed E-state index contributed by atoms with van der Waals surface area (Å²) in [6, 6.07) is 19.9. The number of hydrogen-bond acceptors (Lipinski definition) is 3. The number of anilines is 1. The van der Waals surface area contributed by atoms with Crippen LogP contribution in [-0.2, 0) is 16.0 Å². The summed E-state index contributed by atoms with van der Waals surface area (Å²) in [4.78, 5) is 26.7. The van der Waals surface area contributed by atoms with Crippen LogP contribution in [0, 0.1) is 5.92 Å². The Hall–Kier alpha value is -2.66. The first kappa shape index (κ1) is 20.1. The van der Waals surface area contributed by atoms with Gasteiger partial charge in [0.05, 0.1) is 6.54 Å². The van der Waals surface area contributed by atoms with Crippen LogP contribution >= 0.6 is 0 Å². The molecule has 0 radical (unpaired) electrons. The molecule has 28 heavy (non-hydrogen) atoms. The summed E-state index contributed by atoms with van der Waals surface area (Å²) in [7, 11) is 0. The molecule has 1 aliphatic heterocycles. The van der Waals surface area contributed by atoms with Crippen LogP contribution in [0.3, 0.4) is 0 Å². The van der Waals surface area contributed by atoms with Crippen LogP contribution in [0.1, 0.15) is 24.8 Å². The predicted molar refractivity (Wildman–Crippen MR) is 112 cm³/mol. The Kier molecular flexibility index (Phi) is 7.62. The number of carbonyl (C=O) groups excluding carboxylic acids is 2. The van der Waals surface area contributed by atoms with Gasteiger partial charge >= 0.3 is 0 Å². The minimum absolute atomic E-state index is 0.0189. The van der Waals surface area contributed by atoms with E-state index < -0.39 is 0 Å². The van der Waals surface area contributed by atoms with Crippen molar-refractivity contribution in [3.8, 4) is 0 Å². The first-order valence-electron chi connectivity index (χ1n) is 10.1. The molecule has 0 atom stereocenters. The Morgan fingerprint density at radius 1 is 0.929 bits per heavy atom. The van der Waals surface area contributed by atoms with Gasteiger partial charge in [0.25, 0.3) is 0 Å². The maximum Gasteiger partial charge on any atom is 0.234 e. The highest BCUT2D eigenvalue weighted by Crippen LogP contribution is 2.19. The monoisotopic (exact) mass is 379 g/mol. The molecular weight excluding hydrogens is 350 g/mol. The van der Waals surface area contributed by atoms with Gasteiger partial charge in [-0.25, -0.2) is 0 Å². The molecule has 0 spiro atoms. The van der Waals surface area contributed by atoms with Crippen LogP contribution < -0.4 is 10.6 Å². The van der Waals surface area contributed by atoms with Crippen molar-refractivity contribution in [3.05, 3.63) is 66.2 Å². The van der Waals surface area contributed by atoms with Gasteiger partial charge < -0.3 is 10.6 Å². The first-order chi connectivity index (χ1) is 13.7. The number of aryl methyl sites for hydroxylation is 1. The number of nitrogens with one attached hydrogen (secondary N) is 2. The van der Waals surface area contributed by atoms with E-state index in [0.29, 0.717) is 13.1 Å². The summed E-state index contributed by atoms with van der Waals surface area (Å²) in [5.41, 5.74) is 2.14. The van der Waals surface area contributed by atoms with Gasteiger partial charge in [-0.1, -0.05) is 48.5 Å². The van der Waals surface area contributed by atoms with Crippen LogP contribution in [0.5, 0.6) is 0 Å². The normalized spacial score (nSPS) is 15.1. The molecule has 1 heterocycles. The lowest BCUT2D eigenvalue weighted by Crippen LogP contribution is -2.43. The molecule has 1 fully saturated rings. The molecule has 0 unspecified atom stereocenters. The summed E-state index contributed by atoms with van der Waals surface area (Å²) in [5, 5.41) is 5.99. The van der Waals surface area contributed by atoms with Gasteiger partial charge in [-0.2, -0.15) is 0 Å². The van der Waals surface area contributed by atoms with Gasteiger partial charge in [0.2, 0.25) is 11.8 Å². The van der Waals surface area contributed by atoms with Crippen LogP contribution in [0.25, 0.3) is 0 Å². The van der Waals surface area contributed by atoms with Gasteiger partial charge in [-0.3, -0.25) is 14.5 Å². The maximum absolute atomic E-state index is 12.4. The number of carbonyl (C=O) groups is 2. The number of hydrogen-bond donors (Lipinski definition) is 2. The Labute approximate surface area is 167 Å². The second kappa shape index (κ2) is 10.6. The average Bonchev–Trinajstić information content (AvgIpc) is 2.73. The fourth-order valence-corrected chi connectivity index (χ4v) is 3.54. The van der Waals surface area contributed by atoms with Gasteiger partial charge in [-0.15, -0.1) is 0 Å². The highest BCUT2D eigenvalue weighted by molar-refractivity contribution is 5.92. The fraction of sp³-hybridized carbons (Fsp3) is 0.391. The number of benzene rings is 2. The van der Waals surface area contributed by atoms with E-state index in [2.05, 4.69) is 27.7 Å². The molecule has 2 aromatic rings. The zero-order chi connectivity index (χ0) is 19.6. The fourth-order valence-electron chi connectivity index (χ4n) is 3.54. The van der Waals surface area contributed by atoms with E-state index in [1.807, 2.05) is 48.5 Å². The third kappa shape index (κ3) is 6.50. The van der Waals surface area contributed by atoms with Gasteiger partial charge in [-0.05, 0) is 56.5 Å². The van der Waals surface area contributed by atoms with Crippen LogP contribution in [-0.4, -0.2) is 42.9 Å². The lowest BCUT2D eigenvalue weighted by molar-refractivity contribution is -0.123. The Morgan fingerprint density at radius 3 is 2.25 bits per heavy atom. The molecule has 0 saturated carbocycles. The third-order valence-electron chi connectivity index (χ3n) is 5.17. The molecule has 5 nitrogen and oxygen atoms in total. The van der Waals surface area contributed by atoms with Crippen molar-refractivity contribution in [2.24, 2.45) is 5.92 Å². The smallest absolute Gasteiger partial charge is 0.234 e. The molecule has 148 valence electrons. The van der Waals surface area contributed by atoms with Crippen molar-refractivity contribution >= 4 is 17.5 Å². The molecule has 2 N–H and O–H groups in total. The summed E-state index contributed by atoms with van der Waals surface area (Å²) in [6.45, 7) is 2.68. The van der Waals surface area contributed by atoms with Crippen molar-refractivity contribution in [2.45, 2.75) is 25.7 Å². The second-order valence-corrected chi connectivity index (χ2v) is 7.34. The molecule has 3 rings (SSSR count). The molecule has 0 aromatic heterocycles. The molecule has 2 aromatic carbocycles. The number of piperidine rings is 1. The van der Waals surface area contributed by atoms with Crippen LogP contribution in [0.2, 0.25) is 0 Å². The van der Waals surface area contributed by atoms with Crippen LogP contribution in [0.4, 0.5) is 5.69 Å². The Bertz CT molecular complexity index is 741. The lowest BCUT2D eigenvalue weighted by atomic mass is 9.96. The Morgan fingerprint density at radius 2 is 1.57 bits per heavy atom. The SMILES string of the molecule is O=C(CN1CCC(C(=O)Nc2ccccc2)CC1)NCCCc1ccccc1. The number of rotatable bonds is 8. The standard InChI is InChI=1S/C23H29N3O2/c27-22(24-15-7-10-19-8-3-1-4-9-19)18-26-16-13-20(14-17-26)23(28)25-21-11-5-2-6-12-21/h1-6,8-9,11-12,20H,7,10,13-18H2,(H,24,27)(H,25,28). The minimum atomic E-state index is 0.0189. The largest absolute Gasteiger partial charge is 0.355 e. The van der Waals surface area contributed by atoms with Gasteiger partial charge in [0.15, 0.2) is 0 Å². The van der Waals surface area contributed by atoms with Crippen molar-refractivity contribution < 1.29 is 9.59 Å². The quantitative estimate of drug-likeness (QED) is 0.693. The number of likely N-dealkylation sites (tertiary alicyclic amines) is 1. The number of amides is 2. The molecule has 2 amide bonds. The summed E-state index contributed by atoms with van der Waals surface area (Å²) in [5.74, 6) is 0.168. The zero-order valence-electron chi connectivity index (χ0n) is 16.3. The van der Waals surface area contributed by atoms with E-state index in [4.69, 9.17) is 0 Å². The summed E-state index contributed by atoms with van der Waals surface area (Å²) in [6.07, 6.45) is 3.50. The van der Waals surface area contributed by atoms with Crippen molar-refractivity contribution in [2.75, 3.05) is 31.5 Å². The average molecular weight is 380 g/mol. The first-order valence-corrected chi connectivity index (χ1v) is 10.1. The summed E-state index contributed by atoms with van der Waals surface area (Å²) >= 11 is 0. The molecule has 5 heteroatoms. The third-order valence-corrected chi connectivity index (χ3v) is 5.17. The highest BCUT2D eigenvalue weighted by Gasteiger charge is 2.25. The number of para-hydroxylation sites is 1. The minimum Gasteiger partial charge on any atom is -0.355 e. The van der Waals surface area contributed by atoms with E-state index in [-0.39, 0.29) is 17.7 Å². The van der Waals surface area contributed by atoms with Crippen molar-refractivity contribution in [3.63, 3.8) is 0 Å². The van der Waals surface area contributed by atoms with Crippen LogP contribution in [0.15, 0.2) is 60.7 Å². The molecular formula is C23H29N3O2. The van der Waals surface area contributed by atoms with E-state index in [9.17, 15) is 9.59 Å². The molecule has 0 aliphatic carbocycles. The second-order valence-electron chi connectivity index (χ2n) is 7.34. The van der Waals surface area contributed by atoms with E-state index in [0.717, 1.165) is 44.5 Å². The Balaban J connectivity index is 1.30. The van der Waals surface area contributed by atoms with E-state index >= 15 is 0 Å². The van der Waals surface area contributed by atoms with E-state index in [1.54, 1.807) is 0 Å². The van der Waals surface area contributed by atoms with E-state index in [1.165, 1.54) is 5.56 Å².